The lowest BCUT2D eigenvalue weighted by Crippen LogP contribution is -2.42. The third kappa shape index (κ3) is 3.48. The minimum absolute atomic E-state index is 0.00975. The lowest BCUT2D eigenvalue weighted by molar-refractivity contribution is 0.230. The van der Waals surface area contributed by atoms with Gasteiger partial charge in [0.25, 0.3) is 0 Å². The molecule has 0 heterocycles. The highest BCUT2D eigenvalue weighted by molar-refractivity contribution is 5.75. The van der Waals surface area contributed by atoms with Crippen LogP contribution in [0, 0.1) is 5.82 Å². The molecule has 1 aromatic rings. The average molecular weight is 280 g/mol. The Hall–Kier alpha value is -1.62. The van der Waals surface area contributed by atoms with Crippen molar-refractivity contribution in [3.05, 3.63) is 35.1 Å². The summed E-state index contributed by atoms with van der Waals surface area (Å²) >= 11 is 0. The predicted molar refractivity (Wildman–Crippen MR) is 74.9 cm³/mol. The maximum Gasteiger partial charge on any atom is 0.315 e. The van der Waals surface area contributed by atoms with E-state index in [1.54, 1.807) is 6.07 Å². The van der Waals surface area contributed by atoms with Crippen molar-refractivity contribution in [2.45, 2.75) is 44.7 Å². The summed E-state index contributed by atoms with van der Waals surface area (Å²) < 4.78 is 13.6. The molecule has 4 nitrogen and oxygen atoms in total. The number of nitrogens with one attached hydrogen (secondary N) is 2. The van der Waals surface area contributed by atoms with Crippen LogP contribution >= 0.6 is 0 Å². The van der Waals surface area contributed by atoms with Crippen LogP contribution in [0.1, 0.15) is 43.4 Å². The highest BCUT2D eigenvalue weighted by Crippen LogP contribution is 2.32. The first kappa shape index (κ1) is 14.8. The van der Waals surface area contributed by atoms with Gasteiger partial charge >= 0.3 is 6.03 Å². The summed E-state index contributed by atoms with van der Waals surface area (Å²) in [5.41, 5.74) is 1.59. The molecule has 0 bridgehead atoms. The highest BCUT2D eigenvalue weighted by Gasteiger charge is 2.26. The van der Waals surface area contributed by atoms with Gasteiger partial charge in [-0.15, -0.1) is 0 Å². The van der Waals surface area contributed by atoms with Crippen molar-refractivity contribution in [2.75, 3.05) is 6.61 Å². The van der Waals surface area contributed by atoms with Crippen LogP contribution in [0.15, 0.2) is 18.2 Å². The number of halogens is 1. The van der Waals surface area contributed by atoms with Gasteiger partial charge < -0.3 is 15.7 Å². The fraction of sp³-hybridized carbons (Fsp3) is 0.533. The van der Waals surface area contributed by atoms with E-state index < -0.39 is 0 Å². The molecule has 1 aliphatic carbocycles. The van der Waals surface area contributed by atoms with Gasteiger partial charge in [-0.3, -0.25) is 0 Å². The zero-order valence-electron chi connectivity index (χ0n) is 11.7. The van der Waals surface area contributed by atoms with Crippen molar-refractivity contribution in [3.8, 4) is 0 Å². The molecule has 0 radical (unpaired) electrons. The molecule has 20 heavy (non-hydrogen) atoms. The Labute approximate surface area is 118 Å². The van der Waals surface area contributed by atoms with Crippen molar-refractivity contribution in [2.24, 2.45) is 0 Å². The van der Waals surface area contributed by atoms with Gasteiger partial charge in [-0.25, -0.2) is 9.18 Å². The Morgan fingerprint density at radius 2 is 2.35 bits per heavy atom. The Balaban J connectivity index is 1.89. The largest absolute Gasteiger partial charge is 0.396 e. The first-order chi connectivity index (χ1) is 9.61. The second-order valence-electron chi connectivity index (χ2n) is 5.28. The third-order valence-corrected chi connectivity index (χ3v) is 3.69. The maximum absolute atomic E-state index is 13.6. The first-order valence-electron chi connectivity index (χ1n) is 7.07. The van der Waals surface area contributed by atoms with Crippen LogP contribution in [0.2, 0.25) is 0 Å². The van der Waals surface area contributed by atoms with Crippen LogP contribution in [0.25, 0.3) is 0 Å². The number of fused-ring (bicyclic) bond motifs is 1. The Kier molecular flexibility index (Phi) is 4.95. The number of aliphatic hydroxyl groups is 1. The van der Waals surface area contributed by atoms with Gasteiger partial charge in [0.2, 0.25) is 0 Å². The number of amides is 2. The summed E-state index contributed by atoms with van der Waals surface area (Å²) in [7, 11) is 0. The molecule has 0 saturated heterocycles. The van der Waals surface area contributed by atoms with Crippen molar-refractivity contribution < 1.29 is 14.3 Å². The lowest BCUT2D eigenvalue weighted by Gasteiger charge is -2.18. The average Bonchev–Trinajstić information content (AvgIpc) is 2.81. The number of urea groups is 1. The summed E-state index contributed by atoms with van der Waals surface area (Å²) in [6, 6.07) is 4.65. The fourth-order valence-corrected chi connectivity index (χ4v) is 2.65. The summed E-state index contributed by atoms with van der Waals surface area (Å²) in [5, 5.41) is 14.5. The monoisotopic (exact) mass is 280 g/mol. The number of carbonyl (C=O) groups excluding carboxylic acids is 1. The molecule has 0 saturated carbocycles. The number of rotatable bonds is 5. The summed E-state index contributed by atoms with van der Waals surface area (Å²) in [5.74, 6) is -0.191. The molecular weight excluding hydrogens is 259 g/mol. The summed E-state index contributed by atoms with van der Waals surface area (Å²) in [6.07, 6.45) is 2.79. The molecule has 2 amide bonds. The van der Waals surface area contributed by atoms with Crippen molar-refractivity contribution in [3.63, 3.8) is 0 Å². The van der Waals surface area contributed by atoms with Gasteiger partial charge in [0.05, 0.1) is 6.04 Å². The Bertz CT molecular complexity index is 479. The molecule has 3 N–H and O–H groups in total. The molecule has 1 aromatic carbocycles. The number of carbonyl (C=O) groups is 1. The zero-order valence-corrected chi connectivity index (χ0v) is 11.7. The summed E-state index contributed by atoms with van der Waals surface area (Å²) in [6.45, 7) is 2.03. The summed E-state index contributed by atoms with van der Waals surface area (Å²) in [4.78, 5) is 11.9. The van der Waals surface area contributed by atoms with E-state index in [-0.39, 0.29) is 30.5 Å². The molecule has 2 atom stereocenters. The van der Waals surface area contributed by atoms with E-state index >= 15 is 0 Å². The van der Waals surface area contributed by atoms with Gasteiger partial charge in [-0.1, -0.05) is 12.1 Å². The van der Waals surface area contributed by atoms with E-state index in [1.807, 2.05) is 13.0 Å². The predicted octanol–water partition coefficient (Wildman–Crippen LogP) is 2.27. The molecule has 0 aliphatic heterocycles. The molecule has 5 heteroatoms. The molecule has 0 fully saturated rings. The van der Waals surface area contributed by atoms with Crippen LogP contribution in [-0.4, -0.2) is 23.8 Å². The third-order valence-electron chi connectivity index (χ3n) is 3.69. The second kappa shape index (κ2) is 6.70. The molecule has 0 spiro atoms. The topological polar surface area (TPSA) is 61.4 Å². The molecular formula is C15H21FN2O2. The van der Waals surface area contributed by atoms with E-state index in [4.69, 9.17) is 5.11 Å². The van der Waals surface area contributed by atoms with Crippen molar-refractivity contribution in [1.82, 2.24) is 10.6 Å². The molecule has 0 aromatic heterocycles. The number of benzene rings is 1. The van der Waals surface area contributed by atoms with Crippen LogP contribution < -0.4 is 10.6 Å². The van der Waals surface area contributed by atoms with Gasteiger partial charge in [0, 0.05) is 12.6 Å². The van der Waals surface area contributed by atoms with Crippen molar-refractivity contribution >= 4 is 6.03 Å². The smallest absolute Gasteiger partial charge is 0.315 e. The number of hydrogen-bond acceptors (Lipinski definition) is 2. The minimum atomic E-state index is -0.238. The zero-order chi connectivity index (χ0) is 14.5. The number of aliphatic hydroxyl groups excluding tert-OH is 1. The Morgan fingerprint density at radius 1 is 1.55 bits per heavy atom. The van der Waals surface area contributed by atoms with Crippen LogP contribution in [0.5, 0.6) is 0 Å². The number of hydrogen-bond donors (Lipinski definition) is 3. The molecule has 2 rings (SSSR count). The highest BCUT2D eigenvalue weighted by atomic mass is 19.1. The Morgan fingerprint density at radius 3 is 3.10 bits per heavy atom. The minimum Gasteiger partial charge on any atom is -0.396 e. The SMILES string of the molecule is CC(CCCO)NC(=O)NC1CCc2c(F)cccc21. The van der Waals surface area contributed by atoms with Gasteiger partial charge in [0.1, 0.15) is 5.82 Å². The van der Waals surface area contributed by atoms with Crippen LogP contribution in [0.4, 0.5) is 9.18 Å². The normalized spacial score (nSPS) is 18.4. The fourth-order valence-electron chi connectivity index (χ4n) is 2.65. The quantitative estimate of drug-likeness (QED) is 0.775. The van der Waals surface area contributed by atoms with E-state index in [9.17, 15) is 9.18 Å². The van der Waals surface area contributed by atoms with Gasteiger partial charge in [-0.2, -0.15) is 0 Å². The maximum atomic E-state index is 13.6. The van der Waals surface area contributed by atoms with Crippen LogP contribution in [0.3, 0.4) is 0 Å². The van der Waals surface area contributed by atoms with E-state index in [1.165, 1.54) is 6.07 Å². The second-order valence-corrected chi connectivity index (χ2v) is 5.28. The molecule has 1 aliphatic rings. The van der Waals surface area contributed by atoms with E-state index in [2.05, 4.69) is 10.6 Å². The molecule has 2 unspecified atom stereocenters. The standard InChI is InChI=1S/C15H21FN2O2/c1-10(4-3-9-19)17-15(20)18-14-8-7-11-12(14)5-2-6-13(11)16/h2,5-6,10,14,19H,3-4,7-9H2,1H3,(H2,17,18,20). The van der Waals surface area contributed by atoms with E-state index in [0.29, 0.717) is 18.4 Å². The van der Waals surface area contributed by atoms with E-state index in [0.717, 1.165) is 18.4 Å². The van der Waals surface area contributed by atoms with Gasteiger partial charge in [0.15, 0.2) is 0 Å². The van der Waals surface area contributed by atoms with Crippen LogP contribution in [-0.2, 0) is 6.42 Å². The molecule has 110 valence electrons. The van der Waals surface area contributed by atoms with Crippen molar-refractivity contribution in [1.29, 1.82) is 0 Å². The first-order valence-corrected chi connectivity index (χ1v) is 7.07. The van der Waals surface area contributed by atoms with Gasteiger partial charge in [-0.05, 0) is 49.8 Å². The lowest BCUT2D eigenvalue weighted by atomic mass is 10.1.